The van der Waals surface area contributed by atoms with Crippen molar-refractivity contribution in [1.29, 1.82) is 0 Å². The Morgan fingerprint density at radius 2 is 2.00 bits per heavy atom. The first-order valence-electron chi connectivity index (χ1n) is 8.79. The molecule has 2 heterocycles. The fourth-order valence-corrected chi connectivity index (χ4v) is 2.89. The second-order valence-electron chi connectivity index (χ2n) is 6.12. The number of aliphatic imine (C=N–C) groups is 1. The highest BCUT2D eigenvalue weighted by Crippen LogP contribution is 2.09. The third-order valence-corrected chi connectivity index (χ3v) is 4.33. The van der Waals surface area contributed by atoms with Crippen LogP contribution in [-0.2, 0) is 13.6 Å². The van der Waals surface area contributed by atoms with Crippen LogP contribution >= 0.6 is 0 Å². The Labute approximate surface area is 139 Å². The molecule has 7 nitrogen and oxygen atoms in total. The highest BCUT2D eigenvalue weighted by molar-refractivity contribution is 5.79. The molecule has 0 aliphatic carbocycles. The van der Waals surface area contributed by atoms with Crippen molar-refractivity contribution in [3.63, 3.8) is 0 Å². The van der Waals surface area contributed by atoms with Gasteiger partial charge in [-0.1, -0.05) is 12.8 Å². The van der Waals surface area contributed by atoms with Gasteiger partial charge in [-0.2, -0.15) is 5.10 Å². The van der Waals surface area contributed by atoms with Gasteiger partial charge in [0.25, 0.3) is 0 Å². The molecular weight excluding hydrogens is 290 g/mol. The van der Waals surface area contributed by atoms with Crippen LogP contribution in [0.2, 0.25) is 0 Å². The lowest BCUT2D eigenvalue weighted by atomic mass is 10.1. The van der Waals surface area contributed by atoms with E-state index in [0.717, 1.165) is 18.3 Å². The van der Waals surface area contributed by atoms with E-state index < -0.39 is 0 Å². The normalized spacial score (nSPS) is 16.5. The summed E-state index contributed by atoms with van der Waals surface area (Å²) in [4.78, 5) is 11.0. The Balaban J connectivity index is 1.51. The van der Waals surface area contributed by atoms with Crippen LogP contribution < -0.4 is 10.6 Å². The van der Waals surface area contributed by atoms with E-state index in [1.165, 1.54) is 58.2 Å². The van der Waals surface area contributed by atoms with Crippen LogP contribution in [0, 0.1) is 0 Å². The van der Waals surface area contributed by atoms with Gasteiger partial charge in [-0.05, 0) is 45.3 Å². The van der Waals surface area contributed by atoms with E-state index in [-0.39, 0.29) is 0 Å². The molecule has 1 aromatic heterocycles. The maximum Gasteiger partial charge on any atom is 0.191 e. The standard InChI is InChI=1S/C16H31N7/c1-17-16(19-13-15-20-14-21-22(15)2)18-9-5-3-6-10-23-11-7-4-8-12-23/h14H,3-13H2,1-2H3,(H2,17,18,19). The van der Waals surface area contributed by atoms with Gasteiger partial charge in [0, 0.05) is 20.6 Å². The molecule has 1 aromatic rings. The van der Waals surface area contributed by atoms with Gasteiger partial charge in [0.05, 0.1) is 6.54 Å². The lowest BCUT2D eigenvalue weighted by Crippen LogP contribution is -2.37. The predicted octanol–water partition coefficient (Wildman–Crippen LogP) is 1.14. The average molecular weight is 321 g/mol. The Morgan fingerprint density at radius 3 is 2.70 bits per heavy atom. The summed E-state index contributed by atoms with van der Waals surface area (Å²) in [6.07, 6.45) is 9.50. The predicted molar refractivity (Wildman–Crippen MR) is 93.3 cm³/mol. The summed E-state index contributed by atoms with van der Waals surface area (Å²) < 4.78 is 1.76. The number of unbranched alkanes of at least 4 members (excludes halogenated alkanes) is 2. The molecule has 1 fully saturated rings. The molecule has 1 aliphatic heterocycles. The van der Waals surface area contributed by atoms with E-state index in [0.29, 0.717) is 6.54 Å². The van der Waals surface area contributed by atoms with Gasteiger partial charge in [0.15, 0.2) is 5.96 Å². The summed E-state index contributed by atoms with van der Waals surface area (Å²) in [7, 11) is 3.69. The van der Waals surface area contributed by atoms with Gasteiger partial charge in [0.2, 0.25) is 0 Å². The smallest absolute Gasteiger partial charge is 0.191 e. The monoisotopic (exact) mass is 321 g/mol. The average Bonchev–Trinajstić information content (AvgIpc) is 2.99. The summed E-state index contributed by atoms with van der Waals surface area (Å²) in [6.45, 7) is 5.45. The highest BCUT2D eigenvalue weighted by atomic mass is 15.3. The zero-order valence-corrected chi connectivity index (χ0v) is 14.6. The minimum absolute atomic E-state index is 0.630. The van der Waals surface area contributed by atoms with Crippen molar-refractivity contribution in [2.75, 3.05) is 33.2 Å². The van der Waals surface area contributed by atoms with Crippen molar-refractivity contribution in [3.8, 4) is 0 Å². The molecular formula is C16H31N7. The van der Waals surface area contributed by atoms with Crippen molar-refractivity contribution in [2.24, 2.45) is 12.0 Å². The Hall–Kier alpha value is -1.63. The molecule has 0 radical (unpaired) electrons. The summed E-state index contributed by atoms with van der Waals surface area (Å²) in [5, 5.41) is 10.7. The van der Waals surface area contributed by atoms with Crippen LogP contribution in [0.5, 0.6) is 0 Å². The Morgan fingerprint density at radius 1 is 1.17 bits per heavy atom. The SMILES string of the molecule is CN=C(NCCCCCN1CCCCC1)NCc1ncnn1C. The van der Waals surface area contributed by atoms with E-state index >= 15 is 0 Å². The number of likely N-dealkylation sites (tertiary alicyclic amines) is 1. The minimum atomic E-state index is 0.630. The third-order valence-electron chi connectivity index (χ3n) is 4.33. The molecule has 0 aromatic carbocycles. The Kier molecular flexibility index (Phi) is 7.86. The molecule has 1 saturated heterocycles. The molecule has 0 atom stereocenters. The molecule has 23 heavy (non-hydrogen) atoms. The molecule has 0 bridgehead atoms. The fraction of sp³-hybridized carbons (Fsp3) is 0.812. The highest BCUT2D eigenvalue weighted by Gasteiger charge is 2.08. The molecule has 1 aliphatic rings. The van der Waals surface area contributed by atoms with Crippen LogP contribution in [0.15, 0.2) is 11.3 Å². The first-order chi connectivity index (χ1) is 11.3. The first kappa shape index (κ1) is 17.7. The molecule has 7 heteroatoms. The first-order valence-corrected chi connectivity index (χ1v) is 8.79. The zero-order valence-electron chi connectivity index (χ0n) is 14.6. The summed E-state index contributed by atoms with van der Waals surface area (Å²) in [5.41, 5.74) is 0. The molecule has 0 spiro atoms. The van der Waals surface area contributed by atoms with Gasteiger partial charge in [-0.3, -0.25) is 9.67 Å². The second-order valence-corrected chi connectivity index (χ2v) is 6.12. The van der Waals surface area contributed by atoms with E-state index in [1.54, 1.807) is 18.1 Å². The number of guanidine groups is 1. The number of nitrogens with zero attached hydrogens (tertiary/aromatic N) is 5. The van der Waals surface area contributed by atoms with Crippen molar-refractivity contribution in [2.45, 2.75) is 45.1 Å². The van der Waals surface area contributed by atoms with Gasteiger partial charge < -0.3 is 15.5 Å². The van der Waals surface area contributed by atoms with Gasteiger partial charge in [0.1, 0.15) is 12.2 Å². The van der Waals surface area contributed by atoms with Crippen LogP contribution in [0.1, 0.15) is 44.3 Å². The molecule has 130 valence electrons. The largest absolute Gasteiger partial charge is 0.356 e. The zero-order chi connectivity index (χ0) is 16.3. The number of aromatic nitrogens is 3. The number of aryl methyl sites for hydroxylation is 1. The van der Waals surface area contributed by atoms with E-state index in [4.69, 9.17) is 0 Å². The van der Waals surface area contributed by atoms with Crippen molar-refractivity contribution in [3.05, 3.63) is 12.2 Å². The molecule has 2 N–H and O–H groups in total. The summed E-state index contributed by atoms with van der Waals surface area (Å²) in [6, 6.07) is 0. The van der Waals surface area contributed by atoms with E-state index in [9.17, 15) is 0 Å². The number of hydrogen-bond donors (Lipinski definition) is 2. The van der Waals surface area contributed by atoms with Crippen LogP contribution in [0.25, 0.3) is 0 Å². The Bertz CT molecular complexity index is 463. The molecule has 0 amide bonds. The van der Waals surface area contributed by atoms with Crippen LogP contribution in [-0.4, -0.2) is 58.9 Å². The summed E-state index contributed by atoms with van der Waals surface area (Å²) >= 11 is 0. The maximum atomic E-state index is 4.24. The summed E-state index contributed by atoms with van der Waals surface area (Å²) in [5.74, 6) is 1.72. The maximum absolute atomic E-state index is 4.24. The number of rotatable bonds is 8. The van der Waals surface area contributed by atoms with Crippen molar-refractivity contribution < 1.29 is 0 Å². The lowest BCUT2D eigenvalue weighted by Gasteiger charge is -2.26. The van der Waals surface area contributed by atoms with E-state index in [2.05, 4.69) is 30.6 Å². The van der Waals surface area contributed by atoms with Crippen molar-refractivity contribution in [1.82, 2.24) is 30.3 Å². The van der Waals surface area contributed by atoms with Crippen molar-refractivity contribution >= 4 is 5.96 Å². The third kappa shape index (κ3) is 6.56. The molecule has 2 rings (SSSR count). The van der Waals surface area contributed by atoms with Crippen LogP contribution in [0.4, 0.5) is 0 Å². The molecule has 0 saturated carbocycles. The number of nitrogens with one attached hydrogen (secondary N) is 2. The van der Waals surface area contributed by atoms with Crippen LogP contribution in [0.3, 0.4) is 0 Å². The van der Waals surface area contributed by atoms with Gasteiger partial charge >= 0.3 is 0 Å². The number of piperidine rings is 1. The van der Waals surface area contributed by atoms with E-state index in [1.807, 2.05) is 7.05 Å². The molecule has 0 unspecified atom stereocenters. The van der Waals surface area contributed by atoms with Gasteiger partial charge in [-0.25, -0.2) is 4.98 Å². The number of hydrogen-bond acceptors (Lipinski definition) is 4. The minimum Gasteiger partial charge on any atom is -0.356 e. The second kappa shape index (κ2) is 10.2. The van der Waals surface area contributed by atoms with Gasteiger partial charge in [-0.15, -0.1) is 0 Å². The quantitative estimate of drug-likeness (QED) is 0.427. The fourth-order valence-electron chi connectivity index (χ4n) is 2.89. The topological polar surface area (TPSA) is 70.4 Å². The lowest BCUT2D eigenvalue weighted by molar-refractivity contribution is 0.224.